The SMILES string of the molecule is CCCCCCCCC[C@H](CCn1cc(-c2ccccc2)nn1)n1cnc2c(Cl)ncnc21. The van der Waals surface area contributed by atoms with E-state index in [2.05, 4.69) is 48.9 Å². The van der Waals surface area contributed by atoms with Crippen molar-refractivity contribution < 1.29 is 0 Å². The molecule has 7 nitrogen and oxygen atoms in total. The number of rotatable bonds is 13. The van der Waals surface area contributed by atoms with Gasteiger partial charge in [-0.25, -0.2) is 15.0 Å². The Labute approximate surface area is 200 Å². The quantitative estimate of drug-likeness (QED) is 0.166. The van der Waals surface area contributed by atoms with E-state index in [1.807, 2.05) is 35.4 Å². The molecule has 0 radical (unpaired) electrons. The summed E-state index contributed by atoms with van der Waals surface area (Å²) in [6.07, 6.45) is 16.4. The van der Waals surface area contributed by atoms with Crippen molar-refractivity contribution in [2.45, 2.75) is 77.3 Å². The van der Waals surface area contributed by atoms with Crippen LogP contribution in [0.15, 0.2) is 49.2 Å². The minimum atomic E-state index is 0.265. The number of imidazole rings is 1. The van der Waals surface area contributed by atoms with Gasteiger partial charge in [0.05, 0.1) is 12.5 Å². The van der Waals surface area contributed by atoms with Crippen molar-refractivity contribution in [1.29, 1.82) is 0 Å². The van der Waals surface area contributed by atoms with Crippen LogP contribution in [-0.2, 0) is 6.54 Å². The summed E-state index contributed by atoms with van der Waals surface area (Å²) in [4.78, 5) is 13.0. The third kappa shape index (κ3) is 6.16. The van der Waals surface area contributed by atoms with Gasteiger partial charge in [0.25, 0.3) is 0 Å². The largest absolute Gasteiger partial charge is 0.312 e. The standard InChI is InChI=1S/C25H32ClN7/c1-2-3-4-5-6-7-11-14-21(33-19-29-23-24(26)27-18-28-25(23)33)15-16-32-17-22(30-31-32)20-12-9-8-10-13-20/h8-10,12-13,17-19,21H,2-7,11,14-16H2,1H3/t21-/m1/s1. The first-order chi connectivity index (χ1) is 16.3. The molecular weight excluding hydrogens is 434 g/mol. The van der Waals surface area contributed by atoms with E-state index in [9.17, 15) is 0 Å². The Balaban J connectivity index is 1.42. The van der Waals surface area contributed by atoms with E-state index in [1.54, 1.807) is 0 Å². The molecule has 0 N–H and O–H groups in total. The number of unbranched alkanes of at least 4 members (excludes halogenated alkanes) is 6. The fourth-order valence-electron chi connectivity index (χ4n) is 4.28. The van der Waals surface area contributed by atoms with Crippen LogP contribution in [0.5, 0.6) is 0 Å². The molecule has 174 valence electrons. The Morgan fingerprint density at radius 1 is 0.909 bits per heavy atom. The lowest BCUT2D eigenvalue weighted by molar-refractivity contribution is 0.383. The first-order valence-electron chi connectivity index (χ1n) is 12.0. The van der Waals surface area contributed by atoms with Crippen molar-refractivity contribution in [3.63, 3.8) is 0 Å². The molecule has 4 aromatic rings. The van der Waals surface area contributed by atoms with Crippen LogP contribution in [0.25, 0.3) is 22.4 Å². The average Bonchev–Trinajstić information content (AvgIpc) is 3.49. The molecule has 0 saturated heterocycles. The van der Waals surface area contributed by atoms with Gasteiger partial charge in [-0.15, -0.1) is 5.10 Å². The summed E-state index contributed by atoms with van der Waals surface area (Å²) in [7, 11) is 0. The molecule has 0 bridgehead atoms. The van der Waals surface area contributed by atoms with Gasteiger partial charge in [-0.05, 0) is 12.8 Å². The van der Waals surface area contributed by atoms with E-state index in [-0.39, 0.29) is 6.04 Å². The maximum atomic E-state index is 6.25. The van der Waals surface area contributed by atoms with Crippen LogP contribution in [0, 0.1) is 0 Å². The van der Waals surface area contributed by atoms with Crippen molar-refractivity contribution in [3.8, 4) is 11.3 Å². The third-order valence-corrected chi connectivity index (χ3v) is 6.42. The number of aryl methyl sites for hydroxylation is 1. The number of halogens is 1. The van der Waals surface area contributed by atoms with Gasteiger partial charge < -0.3 is 4.57 Å². The molecule has 0 saturated carbocycles. The summed E-state index contributed by atoms with van der Waals surface area (Å²) < 4.78 is 4.09. The molecule has 3 heterocycles. The topological polar surface area (TPSA) is 74.3 Å². The minimum absolute atomic E-state index is 0.265. The normalized spacial score (nSPS) is 12.4. The maximum absolute atomic E-state index is 6.25. The average molecular weight is 466 g/mol. The predicted octanol–water partition coefficient (Wildman–Crippen LogP) is 6.51. The fraction of sp³-hybridized carbons (Fsp3) is 0.480. The predicted molar refractivity (Wildman–Crippen MR) is 132 cm³/mol. The van der Waals surface area contributed by atoms with Gasteiger partial charge in [-0.3, -0.25) is 4.68 Å². The number of hydrogen-bond acceptors (Lipinski definition) is 5. The van der Waals surface area contributed by atoms with Crippen LogP contribution in [-0.4, -0.2) is 34.5 Å². The van der Waals surface area contributed by atoms with Crippen molar-refractivity contribution in [2.24, 2.45) is 0 Å². The third-order valence-electron chi connectivity index (χ3n) is 6.15. The second kappa shape index (κ2) is 11.9. The Morgan fingerprint density at radius 3 is 2.52 bits per heavy atom. The molecule has 0 spiro atoms. The number of fused-ring (bicyclic) bond motifs is 1. The first-order valence-corrected chi connectivity index (χ1v) is 12.4. The Morgan fingerprint density at radius 2 is 1.70 bits per heavy atom. The Hall–Kier alpha value is -2.80. The zero-order valence-corrected chi connectivity index (χ0v) is 20.0. The molecule has 4 rings (SSSR count). The van der Waals surface area contributed by atoms with E-state index in [1.165, 1.54) is 51.3 Å². The molecule has 1 aromatic carbocycles. The van der Waals surface area contributed by atoms with Crippen molar-refractivity contribution in [3.05, 3.63) is 54.3 Å². The zero-order valence-electron chi connectivity index (χ0n) is 19.3. The van der Waals surface area contributed by atoms with Crippen molar-refractivity contribution >= 4 is 22.8 Å². The van der Waals surface area contributed by atoms with E-state index in [4.69, 9.17) is 11.6 Å². The van der Waals surface area contributed by atoms with E-state index >= 15 is 0 Å². The second-order valence-electron chi connectivity index (χ2n) is 8.57. The molecule has 0 aliphatic heterocycles. The molecule has 0 unspecified atom stereocenters. The summed E-state index contributed by atoms with van der Waals surface area (Å²) in [6.45, 7) is 3.03. The smallest absolute Gasteiger partial charge is 0.165 e. The lowest BCUT2D eigenvalue weighted by atomic mass is 10.0. The minimum Gasteiger partial charge on any atom is -0.312 e. The summed E-state index contributed by atoms with van der Waals surface area (Å²) in [5.74, 6) is 0. The monoisotopic (exact) mass is 465 g/mol. The molecule has 8 heteroatoms. The molecule has 33 heavy (non-hydrogen) atoms. The summed E-state index contributed by atoms with van der Waals surface area (Å²) in [5, 5.41) is 9.11. The van der Waals surface area contributed by atoms with Crippen molar-refractivity contribution in [2.75, 3.05) is 0 Å². The Kier molecular flexibility index (Phi) is 8.41. The van der Waals surface area contributed by atoms with Crippen LogP contribution in [0.1, 0.15) is 70.8 Å². The van der Waals surface area contributed by atoms with Gasteiger partial charge in [0.2, 0.25) is 0 Å². The molecular formula is C25H32ClN7. The lowest BCUT2D eigenvalue weighted by Crippen LogP contribution is -2.13. The van der Waals surface area contributed by atoms with Crippen LogP contribution in [0.3, 0.4) is 0 Å². The summed E-state index contributed by atoms with van der Waals surface area (Å²) in [6, 6.07) is 10.4. The maximum Gasteiger partial charge on any atom is 0.165 e. The van der Waals surface area contributed by atoms with Gasteiger partial charge in [0, 0.05) is 18.2 Å². The molecule has 0 aliphatic carbocycles. The Bertz CT molecular complexity index is 1120. The van der Waals surface area contributed by atoms with Crippen LogP contribution < -0.4 is 0 Å². The van der Waals surface area contributed by atoms with E-state index < -0.39 is 0 Å². The molecule has 0 aliphatic rings. The van der Waals surface area contributed by atoms with Gasteiger partial charge in [0.15, 0.2) is 10.8 Å². The first kappa shape index (κ1) is 23.4. The molecule has 0 amide bonds. The number of nitrogens with zero attached hydrogens (tertiary/aromatic N) is 7. The van der Waals surface area contributed by atoms with Gasteiger partial charge >= 0.3 is 0 Å². The molecule has 3 aromatic heterocycles. The molecule has 1 atom stereocenters. The fourth-order valence-corrected chi connectivity index (χ4v) is 4.46. The molecule has 0 fully saturated rings. The summed E-state index contributed by atoms with van der Waals surface area (Å²) >= 11 is 6.25. The van der Waals surface area contributed by atoms with Crippen LogP contribution >= 0.6 is 11.6 Å². The highest BCUT2D eigenvalue weighted by Crippen LogP contribution is 2.27. The van der Waals surface area contributed by atoms with Crippen LogP contribution in [0.2, 0.25) is 5.15 Å². The summed E-state index contributed by atoms with van der Waals surface area (Å²) in [5.41, 5.74) is 3.43. The number of benzene rings is 1. The highest BCUT2D eigenvalue weighted by atomic mass is 35.5. The van der Waals surface area contributed by atoms with E-state index in [0.29, 0.717) is 10.7 Å². The lowest BCUT2D eigenvalue weighted by Gasteiger charge is -2.19. The zero-order chi connectivity index (χ0) is 22.9. The van der Waals surface area contributed by atoms with Gasteiger partial charge in [-0.1, -0.05) is 99.0 Å². The van der Waals surface area contributed by atoms with Gasteiger partial charge in [-0.2, -0.15) is 0 Å². The van der Waals surface area contributed by atoms with Crippen LogP contribution in [0.4, 0.5) is 0 Å². The number of aromatic nitrogens is 7. The highest BCUT2D eigenvalue weighted by molar-refractivity contribution is 6.33. The van der Waals surface area contributed by atoms with Gasteiger partial charge in [0.1, 0.15) is 17.5 Å². The van der Waals surface area contributed by atoms with Crippen molar-refractivity contribution in [1.82, 2.24) is 34.5 Å². The highest BCUT2D eigenvalue weighted by Gasteiger charge is 2.17. The second-order valence-corrected chi connectivity index (χ2v) is 8.93. The number of hydrogen-bond donors (Lipinski definition) is 0. The van der Waals surface area contributed by atoms with E-state index in [0.717, 1.165) is 36.3 Å².